The van der Waals surface area contributed by atoms with Gasteiger partial charge >= 0.3 is 5.69 Å². The number of H-pyrrole nitrogens is 1. The molecule has 1 atom stereocenters. The summed E-state index contributed by atoms with van der Waals surface area (Å²) < 4.78 is 15.9. The molecule has 0 saturated heterocycles. The number of rotatable bonds is 7. The smallest absolute Gasteiger partial charge is 0.323 e. The highest BCUT2D eigenvalue weighted by Crippen LogP contribution is 2.23. The van der Waals surface area contributed by atoms with Crippen molar-refractivity contribution in [1.82, 2.24) is 14.8 Å². The predicted octanol–water partition coefficient (Wildman–Crippen LogP) is 3.39. The van der Waals surface area contributed by atoms with Crippen LogP contribution in [0.25, 0.3) is 0 Å². The van der Waals surface area contributed by atoms with Crippen molar-refractivity contribution in [2.75, 3.05) is 5.32 Å². The minimum absolute atomic E-state index is 0.112. The highest BCUT2D eigenvalue weighted by molar-refractivity contribution is 9.10. The van der Waals surface area contributed by atoms with Gasteiger partial charge in [-0.2, -0.15) is 0 Å². The van der Waals surface area contributed by atoms with E-state index in [0.717, 1.165) is 24.6 Å². The number of nitrogens with zero attached hydrogens (tertiary/aromatic N) is 2. The zero-order valence-corrected chi connectivity index (χ0v) is 15.7. The molecule has 0 unspecified atom stereocenters. The third kappa shape index (κ3) is 4.70. The zero-order chi connectivity index (χ0) is 17.7. The number of nitrogens with one attached hydrogen (secondary N) is 2. The molecule has 0 saturated carbocycles. The zero-order valence-electron chi connectivity index (χ0n) is 13.3. The summed E-state index contributed by atoms with van der Waals surface area (Å²) in [5.41, 5.74) is -0.182. The summed E-state index contributed by atoms with van der Waals surface area (Å²) in [7, 11) is 0. The van der Waals surface area contributed by atoms with Crippen molar-refractivity contribution >= 4 is 39.3 Å². The van der Waals surface area contributed by atoms with E-state index in [1.807, 2.05) is 6.92 Å². The predicted molar refractivity (Wildman–Crippen MR) is 95.8 cm³/mol. The lowest BCUT2D eigenvalue weighted by molar-refractivity contribution is -0.115. The van der Waals surface area contributed by atoms with Gasteiger partial charge in [-0.1, -0.05) is 41.0 Å². The molecule has 0 radical (unpaired) electrons. The molecule has 2 aromatic rings. The largest absolute Gasteiger partial charge is 0.343 e. The first-order valence-electron chi connectivity index (χ1n) is 7.50. The SMILES string of the molecule is CCCCn1c(S[C@@H](C)C(=O)Nc2ccc(Br)cc2F)n[nH]c1=O. The van der Waals surface area contributed by atoms with Crippen LogP contribution in [-0.2, 0) is 11.3 Å². The van der Waals surface area contributed by atoms with E-state index >= 15 is 0 Å². The molecule has 1 aromatic carbocycles. The molecule has 0 spiro atoms. The van der Waals surface area contributed by atoms with E-state index in [2.05, 4.69) is 31.4 Å². The number of hydrogen-bond donors (Lipinski definition) is 2. The normalized spacial score (nSPS) is 12.2. The number of thioether (sulfide) groups is 1. The third-order valence-electron chi connectivity index (χ3n) is 3.30. The molecule has 0 fully saturated rings. The Morgan fingerprint density at radius 1 is 1.54 bits per heavy atom. The van der Waals surface area contributed by atoms with Gasteiger partial charge in [-0.05, 0) is 31.5 Å². The van der Waals surface area contributed by atoms with Crippen LogP contribution in [0.1, 0.15) is 26.7 Å². The van der Waals surface area contributed by atoms with Gasteiger partial charge < -0.3 is 5.32 Å². The molecule has 2 N–H and O–H groups in total. The minimum atomic E-state index is -0.538. The van der Waals surface area contributed by atoms with Crippen molar-refractivity contribution in [3.05, 3.63) is 39.0 Å². The van der Waals surface area contributed by atoms with E-state index in [1.54, 1.807) is 13.0 Å². The van der Waals surface area contributed by atoms with Crippen LogP contribution in [0.15, 0.2) is 32.6 Å². The number of benzene rings is 1. The van der Waals surface area contributed by atoms with Gasteiger partial charge in [0, 0.05) is 11.0 Å². The Kier molecular flexibility index (Phi) is 6.61. The number of aromatic amines is 1. The van der Waals surface area contributed by atoms with Crippen LogP contribution in [0.5, 0.6) is 0 Å². The van der Waals surface area contributed by atoms with Gasteiger partial charge in [0.15, 0.2) is 5.16 Å². The lowest BCUT2D eigenvalue weighted by atomic mass is 10.3. The molecule has 6 nitrogen and oxygen atoms in total. The first kappa shape index (κ1) is 18.7. The van der Waals surface area contributed by atoms with Crippen LogP contribution in [0.4, 0.5) is 10.1 Å². The van der Waals surface area contributed by atoms with Crippen molar-refractivity contribution in [1.29, 1.82) is 0 Å². The third-order valence-corrected chi connectivity index (χ3v) is 4.88. The molecule has 0 bridgehead atoms. The molecule has 130 valence electrons. The Hall–Kier alpha value is -1.61. The summed E-state index contributed by atoms with van der Waals surface area (Å²) in [5.74, 6) is -0.881. The van der Waals surface area contributed by atoms with Crippen molar-refractivity contribution in [2.45, 2.75) is 43.6 Å². The summed E-state index contributed by atoms with van der Waals surface area (Å²) in [5, 5.41) is 8.81. The second-order valence-corrected chi connectivity index (χ2v) is 7.41. The van der Waals surface area contributed by atoms with E-state index in [4.69, 9.17) is 0 Å². The van der Waals surface area contributed by atoms with Crippen molar-refractivity contribution in [3.8, 4) is 0 Å². The monoisotopic (exact) mass is 416 g/mol. The fourth-order valence-corrected chi connectivity index (χ4v) is 3.16. The van der Waals surface area contributed by atoms with Crippen LogP contribution in [0.2, 0.25) is 0 Å². The highest BCUT2D eigenvalue weighted by Gasteiger charge is 2.20. The highest BCUT2D eigenvalue weighted by atomic mass is 79.9. The van der Waals surface area contributed by atoms with Gasteiger partial charge in [0.1, 0.15) is 5.82 Å². The second-order valence-electron chi connectivity index (χ2n) is 5.19. The van der Waals surface area contributed by atoms with E-state index in [-0.39, 0.29) is 17.3 Å². The number of aromatic nitrogens is 3. The number of amides is 1. The Labute approximate surface area is 151 Å². The average molecular weight is 417 g/mol. The summed E-state index contributed by atoms with van der Waals surface area (Å²) in [6.45, 7) is 4.25. The lowest BCUT2D eigenvalue weighted by Crippen LogP contribution is -2.24. The van der Waals surface area contributed by atoms with Crippen molar-refractivity contribution in [3.63, 3.8) is 0 Å². The topological polar surface area (TPSA) is 79.8 Å². The van der Waals surface area contributed by atoms with Gasteiger partial charge in [0.05, 0.1) is 10.9 Å². The maximum atomic E-state index is 13.8. The second kappa shape index (κ2) is 8.48. The fraction of sp³-hybridized carbons (Fsp3) is 0.400. The molecule has 9 heteroatoms. The molecule has 2 rings (SSSR count). The van der Waals surface area contributed by atoms with Gasteiger partial charge in [0.2, 0.25) is 5.91 Å². The summed E-state index contributed by atoms with van der Waals surface area (Å²) >= 11 is 4.32. The number of carbonyl (C=O) groups is 1. The van der Waals surface area contributed by atoms with E-state index in [0.29, 0.717) is 16.2 Å². The lowest BCUT2D eigenvalue weighted by Gasteiger charge is -2.12. The van der Waals surface area contributed by atoms with Gasteiger partial charge in [-0.3, -0.25) is 9.36 Å². The van der Waals surface area contributed by atoms with E-state index in [9.17, 15) is 14.0 Å². The maximum absolute atomic E-state index is 13.8. The van der Waals surface area contributed by atoms with Crippen LogP contribution in [-0.4, -0.2) is 25.9 Å². The van der Waals surface area contributed by atoms with Crippen LogP contribution in [0.3, 0.4) is 0 Å². The molecule has 0 aliphatic heterocycles. The van der Waals surface area contributed by atoms with Crippen LogP contribution < -0.4 is 11.0 Å². The number of carbonyl (C=O) groups excluding carboxylic acids is 1. The average Bonchev–Trinajstić information content (AvgIpc) is 2.88. The Bertz CT molecular complexity index is 777. The Morgan fingerprint density at radius 3 is 2.96 bits per heavy atom. The Balaban J connectivity index is 2.05. The number of halogens is 2. The fourth-order valence-electron chi connectivity index (χ4n) is 1.94. The van der Waals surface area contributed by atoms with Crippen molar-refractivity contribution < 1.29 is 9.18 Å². The van der Waals surface area contributed by atoms with Crippen molar-refractivity contribution in [2.24, 2.45) is 0 Å². The Morgan fingerprint density at radius 2 is 2.29 bits per heavy atom. The van der Waals surface area contributed by atoms with Crippen LogP contribution in [0, 0.1) is 5.82 Å². The molecule has 24 heavy (non-hydrogen) atoms. The number of hydrogen-bond acceptors (Lipinski definition) is 4. The first-order chi connectivity index (χ1) is 11.4. The number of anilines is 1. The molecule has 1 heterocycles. The van der Waals surface area contributed by atoms with Gasteiger partial charge in [0.25, 0.3) is 0 Å². The summed E-state index contributed by atoms with van der Waals surface area (Å²) in [6, 6.07) is 4.41. The van der Waals surface area contributed by atoms with E-state index in [1.165, 1.54) is 16.7 Å². The molecule has 0 aliphatic carbocycles. The molecule has 0 aliphatic rings. The molecular formula is C15H18BrFN4O2S. The molecular weight excluding hydrogens is 399 g/mol. The maximum Gasteiger partial charge on any atom is 0.343 e. The van der Waals surface area contributed by atoms with E-state index < -0.39 is 11.1 Å². The number of unbranched alkanes of at least 4 members (excludes halogenated alkanes) is 1. The summed E-state index contributed by atoms with van der Waals surface area (Å²) in [6.07, 6.45) is 1.79. The quantitative estimate of drug-likeness (QED) is 0.677. The molecule has 1 aromatic heterocycles. The van der Waals surface area contributed by atoms with Gasteiger partial charge in [-0.25, -0.2) is 14.3 Å². The standard InChI is InChI=1S/C15H18BrFN4O2S/c1-3-4-7-21-14(23)19-20-15(21)24-9(2)13(22)18-12-6-5-10(16)8-11(12)17/h5-6,8-9H,3-4,7H2,1-2H3,(H,18,22)(H,19,23)/t9-/m0/s1. The first-order valence-corrected chi connectivity index (χ1v) is 9.17. The minimum Gasteiger partial charge on any atom is -0.323 e. The van der Waals surface area contributed by atoms with Gasteiger partial charge in [-0.15, -0.1) is 5.10 Å². The molecule has 1 amide bonds. The van der Waals surface area contributed by atoms with Crippen LogP contribution >= 0.6 is 27.7 Å². The summed E-state index contributed by atoms with van der Waals surface area (Å²) in [4.78, 5) is 24.0.